The van der Waals surface area contributed by atoms with Crippen molar-refractivity contribution < 1.29 is 31.2 Å². The van der Waals surface area contributed by atoms with Crippen LogP contribution in [0.4, 0.5) is 27.1 Å². The highest BCUT2D eigenvalue weighted by atomic mass is 32.1. The highest BCUT2D eigenvalue weighted by Gasteiger charge is 2.40. The molecule has 0 unspecified atom stereocenters. The molecule has 3 aromatic rings. The maximum absolute atomic E-state index is 13.4. The molecular weight excluding hydrogens is 443 g/mol. The average molecular weight is 454 g/mol. The molecule has 0 bridgehead atoms. The molecule has 0 saturated carbocycles. The van der Waals surface area contributed by atoms with E-state index in [1.54, 1.807) is 0 Å². The van der Waals surface area contributed by atoms with Gasteiger partial charge in [-0.1, -0.05) is 12.1 Å². The third kappa shape index (κ3) is 5.13. The van der Waals surface area contributed by atoms with Crippen LogP contribution in [-0.4, -0.2) is 15.3 Å². The van der Waals surface area contributed by atoms with Crippen LogP contribution in [-0.2, 0) is 12.6 Å². The summed E-state index contributed by atoms with van der Waals surface area (Å²) in [6.07, 6.45) is -7.13. The molecule has 0 aliphatic heterocycles. The number of carbonyl (C=O) groups is 1. The Labute approximate surface area is 175 Å². The van der Waals surface area contributed by atoms with Crippen molar-refractivity contribution in [3.05, 3.63) is 64.7 Å². The van der Waals surface area contributed by atoms with Gasteiger partial charge in [0.05, 0.1) is 17.2 Å². The summed E-state index contributed by atoms with van der Waals surface area (Å²) >= 11 is 0.639. The van der Waals surface area contributed by atoms with Crippen LogP contribution in [0.3, 0.4) is 0 Å². The summed E-state index contributed by atoms with van der Waals surface area (Å²) in [5, 5.41) is 11.0. The van der Waals surface area contributed by atoms with Gasteiger partial charge >= 0.3 is 6.18 Å². The first-order valence-electron chi connectivity index (χ1n) is 8.44. The van der Waals surface area contributed by atoms with Crippen molar-refractivity contribution in [1.29, 1.82) is 5.26 Å². The minimum absolute atomic E-state index is 0.0113. The lowest BCUT2D eigenvalue weighted by molar-refractivity contribution is -0.153. The van der Waals surface area contributed by atoms with Crippen molar-refractivity contribution >= 4 is 22.6 Å². The molecule has 0 saturated heterocycles. The van der Waals surface area contributed by atoms with Crippen molar-refractivity contribution in [3.63, 3.8) is 0 Å². The van der Waals surface area contributed by atoms with Gasteiger partial charge in [0, 0.05) is 23.5 Å². The highest BCUT2D eigenvalue weighted by molar-refractivity contribution is 7.09. The van der Waals surface area contributed by atoms with Crippen molar-refractivity contribution in [2.75, 3.05) is 5.32 Å². The Morgan fingerprint density at radius 3 is 2.68 bits per heavy atom. The van der Waals surface area contributed by atoms with Gasteiger partial charge in [0.25, 0.3) is 12.0 Å². The lowest BCUT2D eigenvalue weighted by Crippen LogP contribution is -2.16. The fraction of sp³-hybridized carbons (Fsp3) is 0.158. The number of carbonyl (C=O) groups excluding carboxylic acids is 1. The first-order chi connectivity index (χ1) is 14.6. The van der Waals surface area contributed by atoms with E-state index in [0.29, 0.717) is 11.5 Å². The van der Waals surface area contributed by atoms with E-state index in [4.69, 9.17) is 9.68 Å². The number of anilines is 1. The summed E-state index contributed by atoms with van der Waals surface area (Å²) in [7, 11) is 0. The molecular formula is C19H11F5N4O2S. The maximum atomic E-state index is 13.4. The summed E-state index contributed by atoms with van der Waals surface area (Å²) in [4.78, 5) is 16.3. The monoisotopic (exact) mass is 454 g/mol. The van der Waals surface area contributed by atoms with Crippen LogP contribution in [0.25, 0.3) is 11.3 Å². The fourth-order valence-electron chi connectivity index (χ4n) is 2.50. The largest absolute Gasteiger partial charge is 0.451 e. The molecule has 3 rings (SSSR count). The second-order valence-electron chi connectivity index (χ2n) is 6.23. The summed E-state index contributed by atoms with van der Waals surface area (Å²) in [5.41, 5.74) is -0.692. The normalized spacial score (nSPS) is 11.1. The zero-order chi connectivity index (χ0) is 22.8. The number of rotatable bonds is 5. The van der Waals surface area contributed by atoms with Gasteiger partial charge in [0.15, 0.2) is 0 Å². The number of nitriles is 1. The number of furan rings is 1. The van der Waals surface area contributed by atoms with E-state index in [1.807, 2.05) is 6.07 Å². The Kier molecular flexibility index (Phi) is 6.16. The van der Waals surface area contributed by atoms with Crippen molar-refractivity contribution in [1.82, 2.24) is 9.36 Å². The minimum atomic E-state index is -4.97. The summed E-state index contributed by atoms with van der Waals surface area (Å²) in [6.45, 7) is 1.18. The Morgan fingerprint density at radius 2 is 2.03 bits per heavy atom. The Morgan fingerprint density at radius 1 is 1.29 bits per heavy atom. The van der Waals surface area contributed by atoms with Crippen LogP contribution in [0.5, 0.6) is 0 Å². The number of hydrogen-bond donors (Lipinski definition) is 1. The van der Waals surface area contributed by atoms with Gasteiger partial charge in [-0.15, -0.1) is 0 Å². The zero-order valence-electron chi connectivity index (χ0n) is 15.6. The van der Waals surface area contributed by atoms with Gasteiger partial charge in [-0.25, -0.2) is 4.98 Å². The lowest BCUT2D eigenvalue weighted by atomic mass is 10.1. The van der Waals surface area contributed by atoms with Crippen LogP contribution in [0.2, 0.25) is 0 Å². The molecule has 12 heteroatoms. The molecule has 6 nitrogen and oxygen atoms in total. The summed E-state index contributed by atoms with van der Waals surface area (Å²) in [6, 6.07) is 8.43. The smallest absolute Gasteiger partial charge is 0.450 e. The van der Waals surface area contributed by atoms with Crippen LogP contribution < -0.4 is 5.32 Å². The number of aromatic nitrogens is 2. The van der Waals surface area contributed by atoms with Gasteiger partial charge in [0.1, 0.15) is 11.6 Å². The van der Waals surface area contributed by atoms with E-state index >= 15 is 0 Å². The van der Waals surface area contributed by atoms with Crippen molar-refractivity contribution in [2.24, 2.45) is 0 Å². The average Bonchev–Trinajstić information content (AvgIpc) is 3.35. The first kappa shape index (κ1) is 22.1. The predicted molar refractivity (Wildman–Crippen MR) is 100 cm³/mol. The second kappa shape index (κ2) is 8.65. The number of amides is 1. The third-order valence-corrected chi connectivity index (χ3v) is 4.61. The van der Waals surface area contributed by atoms with E-state index < -0.39 is 29.5 Å². The standard InChI is InChI=1S/C19H11F5N4O2S/c1-9(16(20)21)5-14-26-18(31-28-14)27-17(29)12-7-13(30-15(12)19(22,23)24)11-4-2-3-10(6-11)8-25/h2-4,6-7H,5H2,1H3,(H,26,27,28,29). The molecule has 1 amide bonds. The van der Waals surface area contributed by atoms with Crippen LogP contribution in [0.15, 0.2) is 46.4 Å². The van der Waals surface area contributed by atoms with E-state index in [0.717, 1.165) is 6.07 Å². The zero-order valence-corrected chi connectivity index (χ0v) is 16.4. The number of nitrogens with zero attached hydrogens (tertiary/aromatic N) is 3. The predicted octanol–water partition coefficient (Wildman–Crippen LogP) is 5.65. The molecule has 31 heavy (non-hydrogen) atoms. The second-order valence-corrected chi connectivity index (χ2v) is 6.98. The molecule has 1 N–H and O–H groups in total. The topological polar surface area (TPSA) is 91.8 Å². The summed E-state index contributed by atoms with van der Waals surface area (Å²) in [5.74, 6) is -2.95. The highest BCUT2D eigenvalue weighted by Crippen LogP contribution is 2.37. The molecule has 0 radical (unpaired) electrons. The van der Waals surface area contributed by atoms with E-state index in [1.165, 1.54) is 31.2 Å². The quantitative estimate of drug-likeness (QED) is 0.503. The van der Waals surface area contributed by atoms with E-state index in [9.17, 15) is 26.7 Å². The van der Waals surface area contributed by atoms with Crippen LogP contribution in [0.1, 0.15) is 34.4 Å². The summed E-state index contributed by atoms with van der Waals surface area (Å²) < 4.78 is 74.0. The number of benzene rings is 1. The SMILES string of the molecule is CC(Cc1nsc(NC(=O)c2cc(-c3cccc(C#N)c3)oc2C(F)(F)F)n1)=C(F)F. The van der Waals surface area contributed by atoms with Crippen LogP contribution in [0, 0.1) is 11.3 Å². The molecule has 1 aromatic carbocycles. The van der Waals surface area contributed by atoms with E-state index in [2.05, 4.69) is 14.7 Å². The Bertz CT molecular complexity index is 1200. The lowest BCUT2D eigenvalue weighted by Gasteiger charge is -2.05. The molecule has 0 fully saturated rings. The molecule has 2 heterocycles. The third-order valence-electron chi connectivity index (χ3n) is 3.94. The van der Waals surface area contributed by atoms with Gasteiger partial charge < -0.3 is 4.42 Å². The van der Waals surface area contributed by atoms with Crippen molar-refractivity contribution in [2.45, 2.75) is 19.5 Å². The molecule has 160 valence electrons. The number of allylic oxidation sites excluding steroid dienone is 1. The van der Waals surface area contributed by atoms with Gasteiger partial charge in [-0.3, -0.25) is 10.1 Å². The van der Waals surface area contributed by atoms with Gasteiger partial charge in [0.2, 0.25) is 10.9 Å². The number of hydrogen-bond acceptors (Lipinski definition) is 6. The van der Waals surface area contributed by atoms with Gasteiger partial charge in [-0.2, -0.15) is 31.6 Å². The Balaban J connectivity index is 1.90. The van der Waals surface area contributed by atoms with Gasteiger partial charge in [-0.05, 0) is 30.7 Å². The number of alkyl halides is 3. The fourth-order valence-corrected chi connectivity index (χ4v) is 3.08. The molecule has 0 spiro atoms. The number of nitrogens with one attached hydrogen (secondary N) is 1. The number of halogens is 5. The maximum Gasteiger partial charge on any atom is 0.450 e. The van der Waals surface area contributed by atoms with Crippen molar-refractivity contribution in [3.8, 4) is 17.4 Å². The first-order valence-corrected chi connectivity index (χ1v) is 9.22. The van der Waals surface area contributed by atoms with E-state index in [-0.39, 0.29) is 39.8 Å². The molecule has 0 aliphatic carbocycles. The molecule has 0 aliphatic rings. The molecule has 0 atom stereocenters. The van der Waals surface area contributed by atoms with Crippen LogP contribution >= 0.6 is 11.5 Å². The minimum Gasteiger partial charge on any atom is -0.451 e. The molecule has 2 aromatic heterocycles. The Hall–Kier alpha value is -3.59.